The molecule has 0 aliphatic carbocycles. The number of thioether (sulfide) groups is 1. The highest BCUT2D eigenvalue weighted by atomic mass is 32.2. The Hall–Kier alpha value is -2.02. The van der Waals surface area contributed by atoms with Crippen molar-refractivity contribution >= 4 is 29.5 Å². The van der Waals surface area contributed by atoms with Gasteiger partial charge in [-0.05, 0) is 38.8 Å². The third-order valence-corrected chi connectivity index (χ3v) is 6.91. The van der Waals surface area contributed by atoms with Crippen LogP contribution < -0.4 is 10.6 Å². The van der Waals surface area contributed by atoms with Gasteiger partial charge in [0.15, 0.2) is 0 Å². The molecular formula is C21H29N3O3S. The Balaban J connectivity index is 1.69. The number of hydrogen-bond acceptors (Lipinski definition) is 4. The summed E-state index contributed by atoms with van der Waals surface area (Å²) in [6.45, 7) is 8.36. The summed E-state index contributed by atoms with van der Waals surface area (Å²) in [7, 11) is 0. The fourth-order valence-corrected chi connectivity index (χ4v) is 5.49. The van der Waals surface area contributed by atoms with E-state index in [2.05, 4.69) is 17.6 Å². The van der Waals surface area contributed by atoms with Gasteiger partial charge in [0.1, 0.15) is 17.5 Å². The minimum absolute atomic E-state index is 0.115. The summed E-state index contributed by atoms with van der Waals surface area (Å²) in [6.07, 6.45) is 3.08. The molecule has 0 spiro atoms. The number of hydrogen-bond donors (Lipinski definition) is 2. The van der Waals surface area contributed by atoms with Crippen molar-refractivity contribution < 1.29 is 14.4 Å². The SMILES string of the molecule is CCCCCNC(=O)[C@H](C)NC(=O)[C@H]1N2C(=O)c3ccccc3C2SC1(C)C. The fraction of sp³-hybridized carbons (Fsp3) is 0.571. The molecule has 0 radical (unpaired) electrons. The summed E-state index contributed by atoms with van der Waals surface area (Å²) in [5.74, 6) is -0.589. The lowest BCUT2D eigenvalue weighted by atomic mass is 10.0. The Labute approximate surface area is 170 Å². The Morgan fingerprint density at radius 2 is 1.96 bits per heavy atom. The molecule has 7 heteroatoms. The molecule has 3 rings (SSSR count). The van der Waals surface area contributed by atoms with Gasteiger partial charge in [-0.15, -0.1) is 11.8 Å². The molecule has 28 heavy (non-hydrogen) atoms. The molecule has 3 atom stereocenters. The Morgan fingerprint density at radius 1 is 1.25 bits per heavy atom. The summed E-state index contributed by atoms with van der Waals surface area (Å²) < 4.78 is -0.449. The van der Waals surface area contributed by atoms with Crippen LogP contribution >= 0.6 is 11.8 Å². The lowest BCUT2D eigenvalue weighted by Gasteiger charge is -2.30. The number of carbonyl (C=O) groups excluding carboxylic acids is 3. The van der Waals surface area contributed by atoms with Crippen LogP contribution in [-0.4, -0.2) is 46.0 Å². The highest BCUT2D eigenvalue weighted by Gasteiger charge is 2.57. The number of unbranched alkanes of at least 4 members (excludes halogenated alkanes) is 2. The van der Waals surface area contributed by atoms with Crippen LogP contribution in [0.1, 0.15) is 68.3 Å². The van der Waals surface area contributed by atoms with E-state index in [1.807, 2.05) is 38.1 Å². The standard InChI is InChI=1S/C21H29N3O3S/c1-5-6-9-12-22-17(25)13(2)23-18(26)16-21(3,4)28-20-15-11-8-7-10-14(15)19(27)24(16)20/h7-8,10-11,13,16,20H,5-6,9,12H2,1-4H3,(H,22,25)(H,23,26)/t13-,16+,20?/m0/s1. The summed E-state index contributed by atoms with van der Waals surface area (Å²) >= 11 is 1.62. The number of benzene rings is 1. The van der Waals surface area contributed by atoms with Gasteiger partial charge in [-0.25, -0.2) is 0 Å². The van der Waals surface area contributed by atoms with Crippen molar-refractivity contribution in [3.8, 4) is 0 Å². The molecule has 1 unspecified atom stereocenters. The van der Waals surface area contributed by atoms with E-state index in [1.165, 1.54) is 0 Å². The van der Waals surface area contributed by atoms with Crippen molar-refractivity contribution in [1.82, 2.24) is 15.5 Å². The van der Waals surface area contributed by atoms with E-state index in [9.17, 15) is 14.4 Å². The average Bonchev–Trinajstić information content (AvgIpc) is 3.08. The lowest BCUT2D eigenvalue weighted by Crippen LogP contribution is -2.56. The van der Waals surface area contributed by atoms with Crippen molar-refractivity contribution in [3.05, 3.63) is 35.4 Å². The van der Waals surface area contributed by atoms with Crippen LogP contribution in [0.4, 0.5) is 0 Å². The predicted octanol–water partition coefficient (Wildman–Crippen LogP) is 2.85. The molecule has 0 aromatic heterocycles. The molecule has 1 aromatic rings. The molecule has 2 heterocycles. The van der Waals surface area contributed by atoms with Gasteiger partial charge in [0.05, 0.1) is 0 Å². The molecule has 152 valence electrons. The van der Waals surface area contributed by atoms with Crippen LogP contribution in [-0.2, 0) is 9.59 Å². The van der Waals surface area contributed by atoms with Crippen molar-refractivity contribution in [2.24, 2.45) is 0 Å². The van der Waals surface area contributed by atoms with Gasteiger partial charge in [0, 0.05) is 16.9 Å². The molecule has 2 aliphatic heterocycles. The second-order valence-corrected chi connectivity index (χ2v) is 9.74. The number of amides is 3. The van der Waals surface area contributed by atoms with Crippen LogP contribution in [0.5, 0.6) is 0 Å². The van der Waals surface area contributed by atoms with Gasteiger partial charge in [-0.3, -0.25) is 14.4 Å². The predicted molar refractivity (Wildman–Crippen MR) is 111 cm³/mol. The highest BCUT2D eigenvalue weighted by Crippen LogP contribution is 2.56. The normalized spacial score (nSPS) is 23.1. The molecule has 2 aliphatic rings. The Kier molecular flexibility index (Phi) is 6.03. The molecular weight excluding hydrogens is 374 g/mol. The molecule has 1 aromatic carbocycles. The zero-order valence-corrected chi connectivity index (χ0v) is 17.8. The van der Waals surface area contributed by atoms with Gasteiger partial charge < -0.3 is 15.5 Å². The lowest BCUT2D eigenvalue weighted by molar-refractivity contribution is -0.131. The average molecular weight is 404 g/mol. The number of rotatable bonds is 7. The molecule has 1 saturated heterocycles. The maximum Gasteiger partial charge on any atom is 0.256 e. The van der Waals surface area contributed by atoms with E-state index >= 15 is 0 Å². The first-order valence-electron chi connectivity index (χ1n) is 9.95. The van der Waals surface area contributed by atoms with Crippen molar-refractivity contribution in [1.29, 1.82) is 0 Å². The van der Waals surface area contributed by atoms with Crippen LogP contribution in [0.15, 0.2) is 24.3 Å². The first-order valence-corrected chi connectivity index (χ1v) is 10.8. The van der Waals surface area contributed by atoms with E-state index < -0.39 is 16.8 Å². The van der Waals surface area contributed by atoms with Crippen molar-refractivity contribution in [2.45, 2.75) is 69.2 Å². The summed E-state index contributed by atoms with van der Waals surface area (Å²) in [4.78, 5) is 40.0. The molecule has 0 bridgehead atoms. The van der Waals surface area contributed by atoms with Gasteiger partial charge in [0.2, 0.25) is 11.8 Å². The topological polar surface area (TPSA) is 78.5 Å². The number of nitrogens with one attached hydrogen (secondary N) is 2. The molecule has 3 amide bonds. The second-order valence-electron chi connectivity index (χ2n) is 8.00. The molecule has 1 fully saturated rings. The maximum atomic E-state index is 13.1. The maximum absolute atomic E-state index is 13.1. The Bertz CT molecular complexity index is 780. The van der Waals surface area contributed by atoms with Gasteiger partial charge in [-0.1, -0.05) is 38.0 Å². The number of carbonyl (C=O) groups is 3. The first-order chi connectivity index (χ1) is 13.3. The monoisotopic (exact) mass is 403 g/mol. The number of fused-ring (bicyclic) bond motifs is 3. The zero-order valence-electron chi connectivity index (χ0n) is 17.0. The van der Waals surface area contributed by atoms with Gasteiger partial charge in [-0.2, -0.15) is 0 Å². The minimum atomic E-state index is -0.644. The van der Waals surface area contributed by atoms with E-state index in [1.54, 1.807) is 23.6 Å². The zero-order chi connectivity index (χ0) is 20.5. The quantitative estimate of drug-likeness (QED) is 0.686. The van der Waals surface area contributed by atoms with E-state index in [0.717, 1.165) is 24.8 Å². The van der Waals surface area contributed by atoms with Gasteiger partial charge in [0.25, 0.3) is 5.91 Å². The van der Waals surface area contributed by atoms with E-state index in [0.29, 0.717) is 12.1 Å². The van der Waals surface area contributed by atoms with Crippen molar-refractivity contribution in [3.63, 3.8) is 0 Å². The highest BCUT2D eigenvalue weighted by molar-refractivity contribution is 8.01. The molecule has 2 N–H and O–H groups in total. The minimum Gasteiger partial charge on any atom is -0.354 e. The summed E-state index contributed by atoms with van der Waals surface area (Å²) in [5, 5.41) is 5.52. The summed E-state index contributed by atoms with van der Waals surface area (Å²) in [5.41, 5.74) is 1.62. The first kappa shape index (κ1) is 20.7. The number of nitrogens with zero attached hydrogens (tertiary/aromatic N) is 1. The van der Waals surface area contributed by atoms with E-state index in [4.69, 9.17) is 0 Å². The molecule has 6 nitrogen and oxygen atoms in total. The van der Waals surface area contributed by atoms with Crippen LogP contribution in [0, 0.1) is 0 Å². The van der Waals surface area contributed by atoms with Crippen LogP contribution in [0.2, 0.25) is 0 Å². The third-order valence-electron chi connectivity index (χ3n) is 5.38. The fourth-order valence-electron chi connectivity index (χ4n) is 3.90. The van der Waals surface area contributed by atoms with E-state index in [-0.39, 0.29) is 23.1 Å². The summed E-state index contributed by atoms with van der Waals surface area (Å²) in [6, 6.07) is 6.25. The molecule has 0 saturated carbocycles. The van der Waals surface area contributed by atoms with Crippen molar-refractivity contribution in [2.75, 3.05) is 6.54 Å². The smallest absolute Gasteiger partial charge is 0.256 e. The second kappa shape index (κ2) is 8.15. The van der Waals surface area contributed by atoms with Crippen LogP contribution in [0.25, 0.3) is 0 Å². The largest absolute Gasteiger partial charge is 0.354 e. The van der Waals surface area contributed by atoms with Crippen LogP contribution in [0.3, 0.4) is 0 Å². The van der Waals surface area contributed by atoms with Gasteiger partial charge >= 0.3 is 0 Å². The Morgan fingerprint density at radius 3 is 2.68 bits per heavy atom. The third kappa shape index (κ3) is 3.77.